The van der Waals surface area contributed by atoms with Gasteiger partial charge < -0.3 is 9.82 Å². The highest BCUT2D eigenvalue weighted by molar-refractivity contribution is 7.73. The molecule has 116 valence electrons. The molecule has 0 saturated heterocycles. The molecule has 0 amide bonds. The largest absolute Gasteiger partial charge is 0.466 e. The van der Waals surface area contributed by atoms with Crippen LogP contribution in [0.4, 0.5) is 5.69 Å². The molecule has 0 aliphatic rings. The molecule has 0 heterocycles. The predicted octanol–water partition coefficient (Wildman–Crippen LogP) is 3.66. The van der Waals surface area contributed by atoms with Crippen LogP contribution in [-0.2, 0) is 14.1 Å². The van der Waals surface area contributed by atoms with Gasteiger partial charge in [0.25, 0.3) is 0 Å². The molecule has 1 atom stereocenters. The SMILES string of the molecule is CC(=O)OCCCP(=O)(Nc1ccccc1)c1ccccc1. The molecule has 1 N–H and O–H groups in total. The van der Waals surface area contributed by atoms with Gasteiger partial charge in [0.1, 0.15) is 0 Å². The Morgan fingerprint density at radius 1 is 1.05 bits per heavy atom. The fraction of sp³-hybridized carbons (Fsp3) is 0.235. The standard InChI is InChI=1S/C17H20NO3P/c1-15(19)21-13-8-14-22(20,17-11-6-3-7-12-17)18-16-9-4-2-5-10-16/h2-7,9-12H,8,13-14H2,1H3,(H,18,20). The number of carbonyl (C=O) groups is 1. The Kier molecular flexibility index (Phi) is 5.79. The summed E-state index contributed by atoms with van der Waals surface area (Å²) < 4.78 is 18.3. The Labute approximate surface area is 130 Å². The number of rotatable bonds is 7. The molecule has 22 heavy (non-hydrogen) atoms. The highest BCUT2D eigenvalue weighted by Crippen LogP contribution is 2.44. The molecule has 5 heteroatoms. The summed E-state index contributed by atoms with van der Waals surface area (Å²) in [5.41, 5.74) is 0.821. The maximum atomic E-state index is 13.4. The normalized spacial score (nSPS) is 13.1. The summed E-state index contributed by atoms with van der Waals surface area (Å²) in [6, 6.07) is 18.9. The summed E-state index contributed by atoms with van der Waals surface area (Å²) in [6.07, 6.45) is 0.977. The fourth-order valence-electron chi connectivity index (χ4n) is 2.14. The van der Waals surface area contributed by atoms with E-state index in [1.807, 2.05) is 60.7 Å². The maximum absolute atomic E-state index is 13.4. The third-order valence-electron chi connectivity index (χ3n) is 3.18. The number of carbonyl (C=O) groups excluding carboxylic acids is 1. The van der Waals surface area contributed by atoms with Gasteiger partial charge in [0.15, 0.2) is 7.29 Å². The van der Waals surface area contributed by atoms with Crippen LogP contribution in [0.1, 0.15) is 13.3 Å². The van der Waals surface area contributed by atoms with Crippen LogP contribution in [0.3, 0.4) is 0 Å². The van der Waals surface area contributed by atoms with Crippen molar-refractivity contribution in [1.29, 1.82) is 0 Å². The number of anilines is 1. The number of hydrogen-bond acceptors (Lipinski definition) is 3. The molecular weight excluding hydrogens is 297 g/mol. The maximum Gasteiger partial charge on any atom is 0.302 e. The number of benzene rings is 2. The molecule has 2 rings (SSSR count). The van der Waals surface area contributed by atoms with E-state index in [4.69, 9.17) is 4.74 Å². The van der Waals surface area contributed by atoms with Gasteiger partial charge in [0.2, 0.25) is 0 Å². The Morgan fingerprint density at radius 3 is 2.23 bits per heavy atom. The van der Waals surface area contributed by atoms with Crippen LogP contribution in [-0.4, -0.2) is 18.7 Å². The number of hydrogen-bond donors (Lipinski definition) is 1. The highest BCUT2D eigenvalue weighted by Gasteiger charge is 2.24. The van der Waals surface area contributed by atoms with E-state index < -0.39 is 7.29 Å². The summed E-state index contributed by atoms with van der Waals surface area (Å²) in [6.45, 7) is 1.65. The van der Waals surface area contributed by atoms with Crippen molar-refractivity contribution in [2.24, 2.45) is 0 Å². The Hall–Kier alpha value is -2.06. The summed E-state index contributed by atoms with van der Waals surface area (Å²) in [7, 11) is -2.79. The second kappa shape index (κ2) is 7.81. The molecule has 0 aliphatic heterocycles. The minimum atomic E-state index is -2.79. The Morgan fingerprint density at radius 2 is 1.64 bits per heavy atom. The lowest BCUT2D eigenvalue weighted by Gasteiger charge is -2.21. The minimum Gasteiger partial charge on any atom is -0.466 e. The van der Waals surface area contributed by atoms with Gasteiger partial charge in [-0.1, -0.05) is 36.4 Å². The zero-order chi connectivity index (χ0) is 15.8. The van der Waals surface area contributed by atoms with Crippen LogP contribution >= 0.6 is 7.29 Å². The van der Waals surface area contributed by atoms with E-state index in [2.05, 4.69) is 5.09 Å². The molecule has 0 aliphatic carbocycles. The van der Waals surface area contributed by atoms with E-state index in [1.54, 1.807) is 0 Å². The van der Waals surface area contributed by atoms with Gasteiger partial charge in [-0.2, -0.15) is 0 Å². The molecule has 0 fully saturated rings. The smallest absolute Gasteiger partial charge is 0.302 e. The lowest BCUT2D eigenvalue weighted by atomic mass is 10.3. The molecule has 0 bridgehead atoms. The minimum absolute atomic E-state index is 0.280. The summed E-state index contributed by atoms with van der Waals surface area (Å²) >= 11 is 0. The molecule has 0 aromatic heterocycles. The van der Waals surface area contributed by atoms with Crippen LogP contribution in [0.5, 0.6) is 0 Å². The first-order valence-corrected chi connectivity index (χ1v) is 9.11. The number of esters is 1. The average molecular weight is 317 g/mol. The van der Waals surface area contributed by atoms with Crippen LogP contribution in [0.25, 0.3) is 0 Å². The van der Waals surface area contributed by atoms with Crippen LogP contribution < -0.4 is 10.4 Å². The van der Waals surface area contributed by atoms with Gasteiger partial charge in [-0.3, -0.25) is 9.36 Å². The lowest BCUT2D eigenvalue weighted by Crippen LogP contribution is -2.16. The zero-order valence-electron chi connectivity index (χ0n) is 12.6. The van der Waals surface area contributed by atoms with Crippen molar-refractivity contribution in [3.8, 4) is 0 Å². The first-order valence-electron chi connectivity index (χ1n) is 7.21. The van der Waals surface area contributed by atoms with Crippen molar-refractivity contribution >= 4 is 24.3 Å². The van der Waals surface area contributed by atoms with E-state index in [0.29, 0.717) is 12.6 Å². The van der Waals surface area contributed by atoms with E-state index in [-0.39, 0.29) is 12.6 Å². The third-order valence-corrected chi connectivity index (χ3v) is 5.88. The Balaban J connectivity index is 2.14. The number of nitrogens with one attached hydrogen (secondary N) is 1. The topological polar surface area (TPSA) is 55.4 Å². The van der Waals surface area contributed by atoms with Crippen molar-refractivity contribution in [3.63, 3.8) is 0 Å². The summed E-state index contributed by atoms with van der Waals surface area (Å²) in [5, 5.41) is 3.95. The molecule has 0 saturated carbocycles. The van der Waals surface area contributed by atoms with Crippen LogP contribution in [0, 0.1) is 0 Å². The summed E-state index contributed by atoms with van der Waals surface area (Å²) in [5.74, 6) is -0.314. The van der Waals surface area contributed by atoms with Gasteiger partial charge in [0, 0.05) is 24.1 Å². The van der Waals surface area contributed by atoms with E-state index in [1.165, 1.54) is 6.92 Å². The third kappa shape index (κ3) is 4.74. The molecule has 1 unspecified atom stereocenters. The van der Waals surface area contributed by atoms with Crippen molar-refractivity contribution in [2.45, 2.75) is 13.3 Å². The molecule has 4 nitrogen and oxygen atoms in total. The first-order chi connectivity index (χ1) is 10.6. The second-order valence-electron chi connectivity index (χ2n) is 4.97. The zero-order valence-corrected chi connectivity index (χ0v) is 13.5. The summed E-state index contributed by atoms with van der Waals surface area (Å²) in [4.78, 5) is 10.8. The van der Waals surface area contributed by atoms with Gasteiger partial charge in [0.05, 0.1) is 6.61 Å². The second-order valence-corrected chi connectivity index (χ2v) is 7.64. The molecule has 0 spiro atoms. The van der Waals surface area contributed by atoms with Gasteiger partial charge in [-0.25, -0.2) is 0 Å². The number of ether oxygens (including phenoxy) is 1. The van der Waals surface area contributed by atoms with Crippen LogP contribution in [0.2, 0.25) is 0 Å². The molecule has 0 radical (unpaired) electrons. The molecular formula is C17H20NO3P. The quantitative estimate of drug-likeness (QED) is 0.481. The average Bonchev–Trinajstić information content (AvgIpc) is 2.53. The van der Waals surface area contributed by atoms with Crippen molar-refractivity contribution in [3.05, 3.63) is 60.7 Å². The number of para-hydroxylation sites is 1. The van der Waals surface area contributed by atoms with E-state index in [0.717, 1.165) is 11.0 Å². The van der Waals surface area contributed by atoms with Gasteiger partial charge in [-0.05, 0) is 30.7 Å². The first kappa shape index (κ1) is 16.3. The Bertz CT molecular complexity index is 643. The predicted molar refractivity (Wildman–Crippen MR) is 89.9 cm³/mol. The molecule has 2 aromatic rings. The van der Waals surface area contributed by atoms with Crippen molar-refractivity contribution < 1.29 is 14.1 Å². The van der Waals surface area contributed by atoms with Crippen molar-refractivity contribution in [1.82, 2.24) is 0 Å². The van der Waals surface area contributed by atoms with Gasteiger partial charge in [-0.15, -0.1) is 0 Å². The van der Waals surface area contributed by atoms with E-state index >= 15 is 0 Å². The fourth-order valence-corrected chi connectivity index (χ4v) is 4.44. The van der Waals surface area contributed by atoms with Crippen LogP contribution in [0.15, 0.2) is 60.7 Å². The van der Waals surface area contributed by atoms with Gasteiger partial charge >= 0.3 is 5.97 Å². The monoisotopic (exact) mass is 317 g/mol. The highest BCUT2D eigenvalue weighted by atomic mass is 31.2. The van der Waals surface area contributed by atoms with E-state index in [9.17, 15) is 9.36 Å². The van der Waals surface area contributed by atoms with Crippen molar-refractivity contribution in [2.75, 3.05) is 17.9 Å². The molecule has 2 aromatic carbocycles. The lowest BCUT2D eigenvalue weighted by molar-refractivity contribution is -0.140.